The third kappa shape index (κ3) is 7.89. The summed E-state index contributed by atoms with van der Waals surface area (Å²) in [6, 6.07) is 10.1. The monoisotopic (exact) mass is 576 g/mol. The van der Waals surface area contributed by atoms with Crippen molar-refractivity contribution in [3.63, 3.8) is 0 Å². The van der Waals surface area contributed by atoms with Crippen LogP contribution in [-0.4, -0.2) is 82.7 Å². The Kier molecular flexibility index (Phi) is 9.41. The standard InChI is InChI=1S/C23H31F3N4O6SSi/c1-38(2)12-9-30(10-13-38)18-14-16(37(34,35)27-8-11-31)6-7-17(18)22(33)29-20-4-3-5-21(28-20)36-15-19(32)23(24,25)26/h3-7,14,19,27,31-32H,8-13,15H2,1-2H3,(H,28,29,33)/t19-/m1/s1. The van der Waals surface area contributed by atoms with Gasteiger partial charge in [-0.1, -0.05) is 19.2 Å². The van der Waals surface area contributed by atoms with Crippen LogP contribution in [0.2, 0.25) is 25.2 Å². The first-order valence-electron chi connectivity index (χ1n) is 11.9. The van der Waals surface area contributed by atoms with Crippen molar-refractivity contribution in [2.75, 3.05) is 43.1 Å². The predicted molar refractivity (Wildman–Crippen MR) is 138 cm³/mol. The second-order valence-corrected chi connectivity index (χ2v) is 16.7. The van der Waals surface area contributed by atoms with Crippen LogP contribution in [0, 0.1) is 0 Å². The molecule has 210 valence electrons. The number of carbonyl (C=O) groups excluding carboxylic acids is 1. The van der Waals surface area contributed by atoms with Crippen LogP contribution in [0.25, 0.3) is 0 Å². The summed E-state index contributed by atoms with van der Waals surface area (Å²) in [4.78, 5) is 19.1. The van der Waals surface area contributed by atoms with Gasteiger partial charge in [-0.15, -0.1) is 0 Å². The molecule has 3 rings (SSSR count). The van der Waals surface area contributed by atoms with E-state index < -0.39 is 42.9 Å². The number of benzene rings is 1. The van der Waals surface area contributed by atoms with Gasteiger partial charge in [0.2, 0.25) is 15.9 Å². The molecule has 0 spiro atoms. The molecule has 1 atom stereocenters. The summed E-state index contributed by atoms with van der Waals surface area (Å²) >= 11 is 0. The highest BCUT2D eigenvalue weighted by Gasteiger charge is 2.39. The molecule has 1 fully saturated rings. The van der Waals surface area contributed by atoms with E-state index in [0.717, 1.165) is 12.1 Å². The summed E-state index contributed by atoms with van der Waals surface area (Å²) in [5, 5.41) is 20.7. The number of alkyl halides is 3. The lowest BCUT2D eigenvalue weighted by molar-refractivity contribution is -0.210. The van der Waals surface area contributed by atoms with Gasteiger partial charge in [0.05, 0.1) is 30.8 Å². The van der Waals surface area contributed by atoms with Gasteiger partial charge in [-0.2, -0.15) is 18.2 Å². The van der Waals surface area contributed by atoms with Gasteiger partial charge in [0.1, 0.15) is 12.4 Å². The summed E-state index contributed by atoms with van der Waals surface area (Å²) in [7, 11) is -5.31. The van der Waals surface area contributed by atoms with Gasteiger partial charge in [0.15, 0.2) is 6.10 Å². The van der Waals surface area contributed by atoms with Crippen molar-refractivity contribution in [2.24, 2.45) is 0 Å². The SMILES string of the molecule is C[Si]1(C)CCN(c2cc(S(=O)(=O)NCCO)ccc2C(=O)Nc2cccc(OC[C@@H](O)C(F)(F)F)n2)CC1. The number of nitrogens with one attached hydrogen (secondary N) is 2. The zero-order valence-electron chi connectivity index (χ0n) is 21.0. The molecule has 1 aliphatic heterocycles. The smallest absolute Gasteiger partial charge is 0.417 e. The summed E-state index contributed by atoms with van der Waals surface area (Å²) in [6.45, 7) is 4.24. The fourth-order valence-electron chi connectivity index (χ4n) is 3.76. The minimum absolute atomic E-state index is 0.00607. The van der Waals surface area contributed by atoms with Crippen molar-refractivity contribution in [2.45, 2.75) is 42.4 Å². The number of hydrogen-bond donors (Lipinski definition) is 4. The number of aliphatic hydroxyl groups excluding tert-OH is 2. The normalized spacial score (nSPS) is 16.7. The minimum atomic E-state index is -4.85. The molecular formula is C23H31F3N4O6SSi. The average Bonchev–Trinajstić information content (AvgIpc) is 2.85. The maximum Gasteiger partial charge on any atom is 0.417 e. The highest BCUT2D eigenvalue weighted by molar-refractivity contribution is 7.89. The first-order valence-corrected chi connectivity index (χ1v) is 16.8. The Labute approximate surface area is 219 Å². The largest absolute Gasteiger partial charge is 0.474 e. The highest BCUT2D eigenvalue weighted by atomic mass is 32.2. The van der Waals surface area contributed by atoms with Crippen LogP contribution < -0.4 is 19.7 Å². The fourth-order valence-corrected chi connectivity index (χ4v) is 6.80. The fraction of sp³-hybridized carbons (Fsp3) is 0.478. The molecule has 1 aromatic heterocycles. The Morgan fingerprint density at radius 1 is 1.21 bits per heavy atom. The van der Waals surface area contributed by atoms with E-state index in [4.69, 9.17) is 14.9 Å². The van der Waals surface area contributed by atoms with Gasteiger partial charge in [-0.25, -0.2) is 13.1 Å². The molecule has 1 aliphatic rings. The third-order valence-corrected chi connectivity index (χ3v) is 10.7. The van der Waals surface area contributed by atoms with Crippen LogP contribution in [0.5, 0.6) is 5.88 Å². The molecule has 0 radical (unpaired) electrons. The van der Waals surface area contributed by atoms with E-state index in [9.17, 15) is 26.4 Å². The van der Waals surface area contributed by atoms with E-state index in [2.05, 4.69) is 28.1 Å². The highest BCUT2D eigenvalue weighted by Crippen LogP contribution is 2.31. The van der Waals surface area contributed by atoms with Crippen molar-refractivity contribution in [1.82, 2.24) is 9.71 Å². The number of aliphatic hydroxyl groups is 2. The topological polar surface area (TPSA) is 141 Å². The van der Waals surface area contributed by atoms with Crippen LogP contribution in [0.4, 0.5) is 24.7 Å². The lowest BCUT2D eigenvalue weighted by Crippen LogP contribution is -2.43. The van der Waals surface area contributed by atoms with Gasteiger partial charge >= 0.3 is 6.18 Å². The van der Waals surface area contributed by atoms with Crippen molar-refractivity contribution < 1.29 is 41.3 Å². The molecule has 0 aliphatic carbocycles. The van der Waals surface area contributed by atoms with Crippen LogP contribution >= 0.6 is 0 Å². The summed E-state index contributed by atoms with van der Waals surface area (Å²) in [5.41, 5.74) is 0.604. The van der Waals surface area contributed by atoms with Gasteiger partial charge in [-0.3, -0.25) is 4.79 Å². The van der Waals surface area contributed by atoms with Crippen LogP contribution in [0.15, 0.2) is 41.3 Å². The number of nitrogens with zero attached hydrogens (tertiary/aromatic N) is 2. The molecule has 2 heterocycles. The number of pyridine rings is 1. The first kappa shape index (κ1) is 29.8. The number of halogens is 3. The van der Waals surface area contributed by atoms with E-state index in [1.165, 1.54) is 36.4 Å². The number of sulfonamides is 1. The van der Waals surface area contributed by atoms with Crippen molar-refractivity contribution in [3.8, 4) is 5.88 Å². The summed E-state index contributed by atoms with van der Waals surface area (Å²) < 4.78 is 70.1. The predicted octanol–water partition coefficient (Wildman–Crippen LogP) is 2.43. The van der Waals surface area contributed by atoms with E-state index in [0.29, 0.717) is 18.8 Å². The Morgan fingerprint density at radius 2 is 1.89 bits per heavy atom. The first-order chi connectivity index (χ1) is 17.7. The van der Waals surface area contributed by atoms with Crippen LogP contribution in [0.3, 0.4) is 0 Å². The number of anilines is 2. The quantitative estimate of drug-likeness (QED) is 0.316. The molecule has 2 aromatic rings. The number of rotatable bonds is 10. The molecule has 10 nitrogen and oxygen atoms in total. The maximum absolute atomic E-state index is 13.3. The zero-order valence-corrected chi connectivity index (χ0v) is 22.8. The molecule has 38 heavy (non-hydrogen) atoms. The molecule has 0 unspecified atom stereocenters. The van der Waals surface area contributed by atoms with E-state index in [-0.39, 0.29) is 35.3 Å². The number of hydrogen-bond acceptors (Lipinski definition) is 8. The van der Waals surface area contributed by atoms with Crippen LogP contribution in [0.1, 0.15) is 10.4 Å². The Morgan fingerprint density at radius 3 is 2.53 bits per heavy atom. The molecule has 0 bridgehead atoms. The molecular weight excluding hydrogens is 545 g/mol. The minimum Gasteiger partial charge on any atom is -0.474 e. The number of ether oxygens (including phenoxy) is 1. The van der Waals surface area contributed by atoms with Crippen molar-refractivity contribution in [1.29, 1.82) is 0 Å². The molecule has 15 heteroatoms. The van der Waals surface area contributed by atoms with E-state index in [1.54, 1.807) is 0 Å². The Hall–Kier alpha value is -2.72. The second kappa shape index (κ2) is 12.0. The van der Waals surface area contributed by atoms with E-state index >= 15 is 0 Å². The summed E-state index contributed by atoms with van der Waals surface area (Å²) in [6.07, 6.45) is -7.54. The maximum atomic E-state index is 13.3. The zero-order chi connectivity index (χ0) is 28.1. The number of aromatic nitrogens is 1. The Balaban J connectivity index is 1.85. The lowest BCUT2D eigenvalue weighted by atomic mass is 10.1. The lowest BCUT2D eigenvalue weighted by Gasteiger charge is -2.38. The molecule has 1 amide bonds. The van der Waals surface area contributed by atoms with Crippen molar-refractivity contribution >= 4 is 35.5 Å². The van der Waals surface area contributed by atoms with Gasteiger partial charge < -0.3 is 25.2 Å². The molecule has 1 saturated heterocycles. The second-order valence-electron chi connectivity index (χ2n) is 9.64. The van der Waals surface area contributed by atoms with Gasteiger partial charge in [-0.05, 0) is 36.4 Å². The van der Waals surface area contributed by atoms with Gasteiger partial charge in [0.25, 0.3) is 5.91 Å². The molecule has 4 N–H and O–H groups in total. The molecule has 1 aromatic carbocycles. The molecule has 0 saturated carbocycles. The van der Waals surface area contributed by atoms with E-state index in [1.807, 2.05) is 4.90 Å². The van der Waals surface area contributed by atoms with Crippen LogP contribution in [-0.2, 0) is 10.0 Å². The average molecular weight is 577 g/mol. The number of amides is 1. The van der Waals surface area contributed by atoms with Gasteiger partial charge in [0, 0.05) is 25.7 Å². The Bertz CT molecular complexity index is 1240. The number of carbonyl (C=O) groups is 1. The third-order valence-electron chi connectivity index (χ3n) is 6.12. The summed E-state index contributed by atoms with van der Waals surface area (Å²) in [5.74, 6) is -0.839. The van der Waals surface area contributed by atoms with Crippen molar-refractivity contribution in [3.05, 3.63) is 42.0 Å².